The standard InChI is InChI=1S/C30H41N3O2/c1-22(2)25-17-16-24(5)21-28(25)35-20-12-11-19-33-27-14-9-8-13-26(27)32-29(33)15-7-6-10-18-31-30(34)23(3)4/h8-9,13-14,16-17,21-22H,3,6-7,10-12,15,18-20H2,1-2,4-5H3,(H,31,34). The maximum Gasteiger partial charge on any atom is 0.246 e. The Hall–Kier alpha value is -3.08. The van der Waals surface area contributed by atoms with Crippen molar-refractivity contribution in [2.75, 3.05) is 13.2 Å². The van der Waals surface area contributed by atoms with Gasteiger partial charge in [-0.1, -0.05) is 51.1 Å². The van der Waals surface area contributed by atoms with Gasteiger partial charge in [-0.25, -0.2) is 4.98 Å². The lowest BCUT2D eigenvalue weighted by molar-refractivity contribution is -0.117. The van der Waals surface area contributed by atoms with Crippen LogP contribution in [0, 0.1) is 6.92 Å². The second kappa shape index (κ2) is 13.1. The first-order valence-corrected chi connectivity index (χ1v) is 13.0. The smallest absolute Gasteiger partial charge is 0.246 e. The summed E-state index contributed by atoms with van der Waals surface area (Å²) in [5.74, 6) is 2.57. The van der Waals surface area contributed by atoms with Crippen LogP contribution in [0.25, 0.3) is 11.0 Å². The minimum atomic E-state index is -0.0569. The van der Waals surface area contributed by atoms with Gasteiger partial charge in [0.15, 0.2) is 0 Å². The summed E-state index contributed by atoms with van der Waals surface area (Å²) in [6.45, 7) is 14.3. The Morgan fingerprint density at radius 1 is 1.09 bits per heavy atom. The molecule has 0 bridgehead atoms. The fourth-order valence-electron chi connectivity index (χ4n) is 4.30. The summed E-state index contributed by atoms with van der Waals surface area (Å²) < 4.78 is 8.57. The van der Waals surface area contributed by atoms with E-state index in [4.69, 9.17) is 9.72 Å². The van der Waals surface area contributed by atoms with Crippen LogP contribution in [0.5, 0.6) is 5.75 Å². The zero-order chi connectivity index (χ0) is 25.2. The molecule has 0 saturated heterocycles. The van der Waals surface area contributed by atoms with E-state index < -0.39 is 0 Å². The SMILES string of the molecule is C=C(C)C(=O)NCCCCCc1nc2ccccc2n1CCCCOc1cc(C)ccc1C(C)C. The van der Waals surface area contributed by atoms with E-state index in [9.17, 15) is 4.79 Å². The largest absolute Gasteiger partial charge is 0.493 e. The number of imidazole rings is 1. The van der Waals surface area contributed by atoms with Crippen LogP contribution >= 0.6 is 0 Å². The third-order valence-electron chi connectivity index (χ3n) is 6.31. The summed E-state index contributed by atoms with van der Waals surface area (Å²) >= 11 is 0. The predicted molar refractivity (Wildman–Crippen MR) is 145 cm³/mol. The Balaban J connectivity index is 1.50. The Labute approximate surface area is 210 Å². The van der Waals surface area contributed by atoms with E-state index in [-0.39, 0.29) is 5.91 Å². The number of carbonyl (C=O) groups is 1. The lowest BCUT2D eigenvalue weighted by Gasteiger charge is -2.15. The fourth-order valence-corrected chi connectivity index (χ4v) is 4.30. The molecule has 0 spiro atoms. The van der Waals surface area contributed by atoms with Gasteiger partial charge in [-0.15, -0.1) is 0 Å². The molecule has 0 unspecified atom stereocenters. The number of benzene rings is 2. The van der Waals surface area contributed by atoms with Crippen molar-refractivity contribution in [3.63, 3.8) is 0 Å². The quantitative estimate of drug-likeness (QED) is 0.208. The highest BCUT2D eigenvalue weighted by Crippen LogP contribution is 2.27. The van der Waals surface area contributed by atoms with Gasteiger partial charge in [0.2, 0.25) is 5.91 Å². The van der Waals surface area contributed by atoms with E-state index in [0.717, 1.165) is 68.8 Å². The Morgan fingerprint density at radius 3 is 2.66 bits per heavy atom. The third kappa shape index (κ3) is 7.71. The molecular weight excluding hydrogens is 434 g/mol. The van der Waals surface area contributed by atoms with Crippen LogP contribution in [0.15, 0.2) is 54.6 Å². The summed E-state index contributed by atoms with van der Waals surface area (Å²) in [5.41, 5.74) is 5.34. The van der Waals surface area contributed by atoms with Crippen molar-refractivity contribution < 1.29 is 9.53 Å². The summed E-state index contributed by atoms with van der Waals surface area (Å²) in [4.78, 5) is 16.5. The molecule has 0 saturated carbocycles. The summed E-state index contributed by atoms with van der Waals surface area (Å²) in [7, 11) is 0. The number of para-hydroxylation sites is 2. The van der Waals surface area contributed by atoms with Crippen molar-refractivity contribution in [3.05, 3.63) is 71.6 Å². The van der Waals surface area contributed by atoms with Gasteiger partial charge in [0.1, 0.15) is 11.6 Å². The normalized spacial score (nSPS) is 11.2. The predicted octanol–water partition coefficient (Wildman–Crippen LogP) is 6.73. The molecule has 1 N–H and O–H groups in total. The highest BCUT2D eigenvalue weighted by atomic mass is 16.5. The summed E-state index contributed by atoms with van der Waals surface area (Å²) in [6, 6.07) is 14.9. The maximum atomic E-state index is 11.6. The van der Waals surface area contributed by atoms with Crippen LogP contribution in [-0.2, 0) is 17.8 Å². The van der Waals surface area contributed by atoms with Crippen molar-refractivity contribution in [1.82, 2.24) is 14.9 Å². The van der Waals surface area contributed by atoms with Gasteiger partial charge >= 0.3 is 0 Å². The van der Waals surface area contributed by atoms with Crippen LogP contribution in [0.3, 0.4) is 0 Å². The van der Waals surface area contributed by atoms with E-state index in [2.05, 4.69) is 79.7 Å². The van der Waals surface area contributed by atoms with E-state index in [1.165, 1.54) is 16.6 Å². The molecule has 35 heavy (non-hydrogen) atoms. The molecule has 0 aliphatic heterocycles. The maximum absolute atomic E-state index is 11.6. The molecule has 1 amide bonds. The average Bonchev–Trinajstić information content (AvgIpc) is 3.18. The van der Waals surface area contributed by atoms with Gasteiger partial charge in [-0.05, 0) is 74.8 Å². The number of hydrogen-bond acceptors (Lipinski definition) is 3. The second-order valence-electron chi connectivity index (χ2n) is 9.77. The number of aromatic nitrogens is 2. The molecule has 2 aromatic carbocycles. The van der Waals surface area contributed by atoms with Gasteiger partial charge in [0, 0.05) is 25.1 Å². The molecule has 0 aliphatic rings. The number of unbranched alkanes of at least 4 members (excludes halogenated alkanes) is 3. The molecule has 3 aromatic rings. The van der Waals surface area contributed by atoms with E-state index in [1.54, 1.807) is 6.92 Å². The number of amides is 1. The number of carbonyl (C=O) groups excluding carboxylic acids is 1. The lowest BCUT2D eigenvalue weighted by atomic mass is 10.0. The number of fused-ring (bicyclic) bond motifs is 1. The van der Waals surface area contributed by atoms with Crippen LogP contribution < -0.4 is 10.1 Å². The lowest BCUT2D eigenvalue weighted by Crippen LogP contribution is -2.24. The molecule has 3 rings (SSSR count). The Bertz CT molecular complexity index is 1130. The van der Waals surface area contributed by atoms with Crippen LogP contribution in [0.1, 0.15) is 75.7 Å². The van der Waals surface area contributed by atoms with Crippen molar-refractivity contribution in [2.24, 2.45) is 0 Å². The molecule has 5 heteroatoms. The molecular formula is C30H41N3O2. The van der Waals surface area contributed by atoms with Crippen LogP contribution in [-0.4, -0.2) is 28.6 Å². The zero-order valence-electron chi connectivity index (χ0n) is 21.9. The Morgan fingerprint density at radius 2 is 1.89 bits per heavy atom. The Kier molecular flexibility index (Phi) is 9.95. The minimum absolute atomic E-state index is 0.0569. The van der Waals surface area contributed by atoms with E-state index in [1.807, 2.05) is 0 Å². The number of hydrogen-bond donors (Lipinski definition) is 1. The van der Waals surface area contributed by atoms with E-state index >= 15 is 0 Å². The number of rotatable bonds is 14. The van der Waals surface area contributed by atoms with Crippen molar-refractivity contribution in [3.8, 4) is 5.75 Å². The van der Waals surface area contributed by atoms with Gasteiger partial charge in [0.05, 0.1) is 17.6 Å². The van der Waals surface area contributed by atoms with Crippen LogP contribution in [0.2, 0.25) is 0 Å². The molecule has 0 aliphatic carbocycles. The average molecular weight is 476 g/mol. The van der Waals surface area contributed by atoms with Gasteiger partial charge < -0.3 is 14.6 Å². The first-order valence-electron chi connectivity index (χ1n) is 13.0. The number of nitrogens with zero attached hydrogens (tertiary/aromatic N) is 2. The van der Waals surface area contributed by atoms with Crippen LogP contribution in [0.4, 0.5) is 0 Å². The fraction of sp³-hybridized carbons (Fsp3) is 0.467. The number of aryl methyl sites for hydroxylation is 3. The molecule has 188 valence electrons. The van der Waals surface area contributed by atoms with Crippen molar-refractivity contribution in [2.45, 2.75) is 78.7 Å². The molecule has 0 atom stereocenters. The van der Waals surface area contributed by atoms with E-state index in [0.29, 0.717) is 18.0 Å². The molecule has 1 aromatic heterocycles. The zero-order valence-corrected chi connectivity index (χ0v) is 21.9. The van der Waals surface area contributed by atoms with Crippen molar-refractivity contribution >= 4 is 16.9 Å². The molecule has 0 fully saturated rings. The van der Waals surface area contributed by atoms with Gasteiger partial charge in [-0.3, -0.25) is 4.79 Å². The number of nitrogens with one attached hydrogen (secondary N) is 1. The molecule has 5 nitrogen and oxygen atoms in total. The minimum Gasteiger partial charge on any atom is -0.493 e. The summed E-state index contributed by atoms with van der Waals surface area (Å²) in [6.07, 6.45) is 6.07. The topological polar surface area (TPSA) is 56.2 Å². The van der Waals surface area contributed by atoms with Gasteiger partial charge in [-0.2, -0.15) is 0 Å². The molecule has 1 heterocycles. The second-order valence-corrected chi connectivity index (χ2v) is 9.77. The summed E-state index contributed by atoms with van der Waals surface area (Å²) in [5, 5.41) is 2.91. The molecule has 0 radical (unpaired) electrons. The highest BCUT2D eigenvalue weighted by Gasteiger charge is 2.11. The number of ether oxygens (including phenoxy) is 1. The first-order chi connectivity index (χ1) is 16.9. The monoisotopic (exact) mass is 475 g/mol. The highest BCUT2D eigenvalue weighted by molar-refractivity contribution is 5.92. The van der Waals surface area contributed by atoms with Crippen molar-refractivity contribution in [1.29, 1.82) is 0 Å². The van der Waals surface area contributed by atoms with Gasteiger partial charge in [0.25, 0.3) is 0 Å². The first kappa shape index (κ1) is 26.5. The third-order valence-corrected chi connectivity index (χ3v) is 6.31.